The Hall–Kier alpha value is -1.59. The molecule has 2 N–H and O–H groups in total. The first-order chi connectivity index (χ1) is 10.5. The Morgan fingerprint density at radius 3 is 2.68 bits per heavy atom. The average Bonchev–Trinajstić information content (AvgIpc) is 3.19. The van der Waals surface area contributed by atoms with Crippen LogP contribution < -0.4 is 10.6 Å². The number of hydrogen-bond donors (Lipinski definition) is 2. The summed E-state index contributed by atoms with van der Waals surface area (Å²) in [6, 6.07) is -0.447. The van der Waals surface area contributed by atoms with Gasteiger partial charge in [0.05, 0.1) is 6.54 Å². The zero-order chi connectivity index (χ0) is 15.7. The summed E-state index contributed by atoms with van der Waals surface area (Å²) in [6.45, 7) is 2.92. The van der Waals surface area contributed by atoms with Crippen molar-refractivity contribution in [1.82, 2.24) is 15.5 Å². The Labute approximate surface area is 131 Å². The normalized spacial score (nSPS) is 30.0. The number of hydrogen-bond acceptors (Lipinski definition) is 3. The van der Waals surface area contributed by atoms with Crippen LogP contribution in [0.4, 0.5) is 4.79 Å². The minimum atomic E-state index is -0.890. The van der Waals surface area contributed by atoms with Gasteiger partial charge in [0.15, 0.2) is 0 Å². The molecule has 3 aliphatic rings. The van der Waals surface area contributed by atoms with Crippen LogP contribution in [0.3, 0.4) is 0 Å². The summed E-state index contributed by atoms with van der Waals surface area (Å²) >= 11 is 0. The maximum Gasteiger partial charge on any atom is 0.322 e. The first-order valence-corrected chi connectivity index (χ1v) is 8.46. The lowest BCUT2D eigenvalue weighted by molar-refractivity contribution is -0.135. The number of imide groups is 1. The first kappa shape index (κ1) is 15.3. The van der Waals surface area contributed by atoms with Crippen molar-refractivity contribution < 1.29 is 14.4 Å². The van der Waals surface area contributed by atoms with Crippen LogP contribution in [0.5, 0.6) is 0 Å². The molecule has 0 unspecified atom stereocenters. The highest BCUT2D eigenvalue weighted by molar-refractivity contribution is 6.07. The first-order valence-electron chi connectivity index (χ1n) is 8.46. The van der Waals surface area contributed by atoms with Gasteiger partial charge in [0.1, 0.15) is 5.54 Å². The van der Waals surface area contributed by atoms with E-state index in [1.807, 2.05) is 0 Å². The van der Waals surface area contributed by atoms with E-state index in [1.165, 1.54) is 25.7 Å². The van der Waals surface area contributed by atoms with Crippen molar-refractivity contribution >= 4 is 17.8 Å². The number of likely N-dealkylation sites (tertiary alicyclic amines) is 1. The summed E-state index contributed by atoms with van der Waals surface area (Å²) < 4.78 is 0. The van der Waals surface area contributed by atoms with Crippen molar-refractivity contribution in [3.63, 3.8) is 0 Å². The van der Waals surface area contributed by atoms with Crippen LogP contribution in [-0.4, -0.2) is 41.4 Å². The van der Waals surface area contributed by atoms with Gasteiger partial charge in [0.2, 0.25) is 5.91 Å². The van der Waals surface area contributed by atoms with Crippen LogP contribution in [-0.2, 0) is 9.59 Å². The highest BCUT2D eigenvalue weighted by atomic mass is 16.2. The van der Waals surface area contributed by atoms with Gasteiger partial charge < -0.3 is 10.2 Å². The number of carbonyl (C=O) groups is 3. The molecule has 2 saturated heterocycles. The van der Waals surface area contributed by atoms with Crippen LogP contribution in [0.1, 0.15) is 51.9 Å². The Morgan fingerprint density at radius 1 is 1.36 bits per heavy atom. The third-order valence-corrected chi connectivity index (χ3v) is 5.53. The van der Waals surface area contributed by atoms with Crippen LogP contribution >= 0.6 is 0 Å². The van der Waals surface area contributed by atoms with Gasteiger partial charge in [0.25, 0.3) is 5.91 Å². The fraction of sp³-hybridized carbons (Fsp3) is 0.812. The molecule has 2 aliphatic heterocycles. The standard InChI is InChI=1S/C16H25N3O3/c1-2-12(9-11-5-3-4-6-11)13(20)19-8-7-16(10-19)14(21)17-15(22)18-16/h11-12H,2-10H2,1H3,(H2,17,18,21,22)/t12-,16+/m0/s1. The maximum atomic E-state index is 12.8. The summed E-state index contributed by atoms with van der Waals surface area (Å²) in [5.41, 5.74) is -0.890. The Kier molecular flexibility index (Phi) is 4.10. The lowest BCUT2D eigenvalue weighted by Crippen LogP contribution is -2.50. The van der Waals surface area contributed by atoms with Gasteiger partial charge in [-0.2, -0.15) is 0 Å². The molecule has 22 heavy (non-hydrogen) atoms. The number of rotatable bonds is 4. The van der Waals surface area contributed by atoms with Crippen molar-refractivity contribution in [2.45, 2.75) is 57.4 Å². The molecule has 3 rings (SSSR count). The second kappa shape index (κ2) is 5.89. The second-order valence-electron chi connectivity index (χ2n) is 6.99. The number of nitrogens with zero attached hydrogens (tertiary/aromatic N) is 1. The van der Waals surface area contributed by atoms with E-state index in [-0.39, 0.29) is 17.7 Å². The highest BCUT2D eigenvalue weighted by Gasteiger charge is 2.52. The summed E-state index contributed by atoms with van der Waals surface area (Å²) in [4.78, 5) is 37.9. The Bertz CT molecular complexity index is 487. The number of urea groups is 1. The molecule has 0 radical (unpaired) electrons. The average molecular weight is 307 g/mol. The Morgan fingerprint density at radius 2 is 2.09 bits per heavy atom. The highest BCUT2D eigenvalue weighted by Crippen LogP contribution is 2.33. The fourth-order valence-electron chi connectivity index (χ4n) is 4.16. The van der Waals surface area contributed by atoms with E-state index in [1.54, 1.807) is 4.90 Å². The molecule has 2 heterocycles. The molecule has 0 aromatic heterocycles. The predicted molar refractivity (Wildman–Crippen MR) is 81.0 cm³/mol. The molecule has 4 amide bonds. The van der Waals surface area contributed by atoms with Crippen LogP contribution in [0.25, 0.3) is 0 Å². The van der Waals surface area contributed by atoms with E-state index >= 15 is 0 Å². The number of carbonyl (C=O) groups excluding carboxylic acids is 3. The molecular weight excluding hydrogens is 282 g/mol. The second-order valence-corrected chi connectivity index (χ2v) is 6.99. The molecule has 6 nitrogen and oxygen atoms in total. The maximum absolute atomic E-state index is 12.8. The molecule has 1 spiro atoms. The van der Waals surface area contributed by atoms with Crippen molar-refractivity contribution in [3.05, 3.63) is 0 Å². The molecule has 1 aliphatic carbocycles. The third-order valence-electron chi connectivity index (χ3n) is 5.53. The summed E-state index contributed by atoms with van der Waals surface area (Å²) in [7, 11) is 0. The van der Waals surface area contributed by atoms with E-state index < -0.39 is 11.6 Å². The predicted octanol–water partition coefficient (Wildman–Crippen LogP) is 1.40. The zero-order valence-corrected chi connectivity index (χ0v) is 13.2. The summed E-state index contributed by atoms with van der Waals surface area (Å²) in [6.07, 6.45) is 7.38. The monoisotopic (exact) mass is 307 g/mol. The molecule has 3 fully saturated rings. The van der Waals surface area contributed by atoms with Gasteiger partial charge in [-0.25, -0.2) is 4.79 Å². The molecule has 0 bridgehead atoms. The van der Waals surface area contributed by atoms with Gasteiger partial charge in [-0.05, 0) is 25.2 Å². The molecule has 0 aromatic rings. The minimum Gasteiger partial charge on any atom is -0.339 e. The van der Waals surface area contributed by atoms with Crippen LogP contribution in [0, 0.1) is 11.8 Å². The number of amides is 4. The molecule has 6 heteroatoms. The third kappa shape index (κ3) is 2.71. The lowest BCUT2D eigenvalue weighted by atomic mass is 9.90. The van der Waals surface area contributed by atoms with E-state index in [4.69, 9.17) is 0 Å². The van der Waals surface area contributed by atoms with Gasteiger partial charge in [-0.3, -0.25) is 14.9 Å². The SMILES string of the molecule is CC[C@@H](CC1CCCC1)C(=O)N1CC[C@]2(C1)NC(=O)NC2=O. The molecule has 2 atom stereocenters. The van der Waals surface area contributed by atoms with E-state index in [0.29, 0.717) is 25.4 Å². The van der Waals surface area contributed by atoms with E-state index in [9.17, 15) is 14.4 Å². The number of nitrogens with one attached hydrogen (secondary N) is 2. The zero-order valence-electron chi connectivity index (χ0n) is 13.2. The molecule has 0 aromatic carbocycles. The summed E-state index contributed by atoms with van der Waals surface area (Å²) in [5, 5.41) is 4.98. The van der Waals surface area contributed by atoms with Crippen molar-refractivity contribution in [2.75, 3.05) is 13.1 Å². The van der Waals surface area contributed by atoms with E-state index in [2.05, 4.69) is 17.6 Å². The summed E-state index contributed by atoms with van der Waals surface area (Å²) in [5.74, 6) is 0.593. The largest absolute Gasteiger partial charge is 0.339 e. The van der Waals surface area contributed by atoms with Crippen LogP contribution in [0.15, 0.2) is 0 Å². The fourth-order valence-corrected chi connectivity index (χ4v) is 4.16. The quantitative estimate of drug-likeness (QED) is 0.771. The molecule has 1 saturated carbocycles. The smallest absolute Gasteiger partial charge is 0.322 e. The molecule has 122 valence electrons. The molecular formula is C16H25N3O3. The topological polar surface area (TPSA) is 78.5 Å². The Balaban J connectivity index is 1.62. The van der Waals surface area contributed by atoms with Gasteiger partial charge in [0, 0.05) is 12.5 Å². The van der Waals surface area contributed by atoms with Gasteiger partial charge in [-0.1, -0.05) is 32.6 Å². The lowest BCUT2D eigenvalue weighted by Gasteiger charge is -2.26. The van der Waals surface area contributed by atoms with E-state index in [0.717, 1.165) is 12.8 Å². The van der Waals surface area contributed by atoms with Crippen molar-refractivity contribution in [1.29, 1.82) is 0 Å². The van der Waals surface area contributed by atoms with Crippen LogP contribution in [0.2, 0.25) is 0 Å². The van der Waals surface area contributed by atoms with Crippen molar-refractivity contribution in [2.24, 2.45) is 11.8 Å². The van der Waals surface area contributed by atoms with Crippen molar-refractivity contribution in [3.8, 4) is 0 Å². The minimum absolute atomic E-state index is 0.0541. The van der Waals surface area contributed by atoms with Gasteiger partial charge >= 0.3 is 6.03 Å². The van der Waals surface area contributed by atoms with Gasteiger partial charge in [-0.15, -0.1) is 0 Å².